The van der Waals surface area contributed by atoms with Crippen molar-refractivity contribution in [3.8, 4) is 0 Å². The molecular formula is C8H12O3. The van der Waals surface area contributed by atoms with Crippen molar-refractivity contribution in [2.24, 2.45) is 11.8 Å². The van der Waals surface area contributed by atoms with Gasteiger partial charge in [-0.3, -0.25) is 9.59 Å². The van der Waals surface area contributed by atoms with Crippen molar-refractivity contribution in [1.29, 1.82) is 0 Å². The standard InChI is InChI=1S/C8H12O3/c1-3-11-8(10)7-4-6(7)5(2)9/h6-7H,3-4H2,1-2H3. The average Bonchev–Trinajstić information content (AvgIpc) is 2.65. The minimum Gasteiger partial charge on any atom is -0.466 e. The number of hydrogen-bond donors (Lipinski definition) is 0. The fourth-order valence-corrected chi connectivity index (χ4v) is 1.15. The minimum atomic E-state index is -0.215. The SMILES string of the molecule is CCOC(=O)C1CC1C(C)=O. The van der Waals surface area contributed by atoms with Gasteiger partial charge in [0.2, 0.25) is 0 Å². The van der Waals surface area contributed by atoms with E-state index in [1.807, 2.05) is 0 Å². The summed E-state index contributed by atoms with van der Waals surface area (Å²) in [7, 11) is 0. The number of ether oxygens (including phenoxy) is 1. The van der Waals surface area contributed by atoms with Crippen LogP contribution in [0.4, 0.5) is 0 Å². The van der Waals surface area contributed by atoms with E-state index < -0.39 is 0 Å². The van der Waals surface area contributed by atoms with E-state index in [0.29, 0.717) is 13.0 Å². The summed E-state index contributed by atoms with van der Waals surface area (Å²) in [4.78, 5) is 21.7. The molecule has 1 saturated carbocycles. The van der Waals surface area contributed by atoms with E-state index in [1.165, 1.54) is 6.92 Å². The molecule has 0 heterocycles. The van der Waals surface area contributed by atoms with Crippen molar-refractivity contribution in [2.45, 2.75) is 20.3 Å². The molecule has 0 aliphatic heterocycles. The lowest BCUT2D eigenvalue weighted by Crippen LogP contribution is -2.09. The van der Waals surface area contributed by atoms with E-state index in [4.69, 9.17) is 4.74 Å². The Bertz CT molecular complexity index is 186. The highest BCUT2D eigenvalue weighted by Gasteiger charge is 2.47. The van der Waals surface area contributed by atoms with Crippen LogP contribution < -0.4 is 0 Å². The van der Waals surface area contributed by atoms with Crippen LogP contribution in [0.15, 0.2) is 0 Å². The van der Waals surface area contributed by atoms with Crippen molar-refractivity contribution in [3.05, 3.63) is 0 Å². The van der Waals surface area contributed by atoms with E-state index in [1.54, 1.807) is 6.92 Å². The van der Waals surface area contributed by atoms with Crippen LogP contribution in [0.5, 0.6) is 0 Å². The van der Waals surface area contributed by atoms with Gasteiger partial charge in [-0.1, -0.05) is 0 Å². The summed E-state index contributed by atoms with van der Waals surface area (Å²) in [5.74, 6) is -0.294. The smallest absolute Gasteiger partial charge is 0.309 e. The number of esters is 1. The van der Waals surface area contributed by atoms with E-state index in [2.05, 4.69) is 0 Å². The first-order chi connectivity index (χ1) is 5.16. The van der Waals surface area contributed by atoms with Gasteiger partial charge in [0.1, 0.15) is 5.78 Å². The Balaban J connectivity index is 2.32. The molecule has 0 aromatic carbocycles. The van der Waals surface area contributed by atoms with Crippen molar-refractivity contribution < 1.29 is 14.3 Å². The van der Waals surface area contributed by atoms with Crippen LogP contribution in [-0.4, -0.2) is 18.4 Å². The molecule has 62 valence electrons. The predicted octanol–water partition coefficient (Wildman–Crippen LogP) is 0.775. The first-order valence-corrected chi connectivity index (χ1v) is 3.84. The molecule has 0 bridgehead atoms. The highest BCUT2D eigenvalue weighted by atomic mass is 16.5. The molecule has 1 fully saturated rings. The molecule has 2 atom stereocenters. The van der Waals surface area contributed by atoms with Crippen molar-refractivity contribution in [1.82, 2.24) is 0 Å². The fraction of sp³-hybridized carbons (Fsp3) is 0.750. The van der Waals surface area contributed by atoms with E-state index in [0.717, 1.165) is 0 Å². The molecule has 0 N–H and O–H groups in total. The topological polar surface area (TPSA) is 43.4 Å². The molecule has 0 spiro atoms. The van der Waals surface area contributed by atoms with Gasteiger partial charge in [0.05, 0.1) is 12.5 Å². The van der Waals surface area contributed by atoms with Gasteiger partial charge >= 0.3 is 5.97 Å². The van der Waals surface area contributed by atoms with Crippen LogP contribution in [0.2, 0.25) is 0 Å². The Morgan fingerprint density at radius 2 is 2.09 bits per heavy atom. The van der Waals surface area contributed by atoms with Crippen LogP contribution >= 0.6 is 0 Å². The fourth-order valence-electron chi connectivity index (χ4n) is 1.15. The third kappa shape index (κ3) is 1.79. The first kappa shape index (κ1) is 8.24. The summed E-state index contributed by atoms with van der Waals surface area (Å²) in [6.45, 7) is 3.69. The first-order valence-electron chi connectivity index (χ1n) is 3.84. The molecule has 0 aromatic heterocycles. The van der Waals surface area contributed by atoms with E-state index in [-0.39, 0.29) is 23.6 Å². The van der Waals surface area contributed by atoms with Gasteiger partial charge in [-0.05, 0) is 20.3 Å². The van der Waals surface area contributed by atoms with Crippen LogP contribution in [-0.2, 0) is 14.3 Å². The van der Waals surface area contributed by atoms with Gasteiger partial charge in [0.15, 0.2) is 0 Å². The molecule has 3 nitrogen and oxygen atoms in total. The van der Waals surface area contributed by atoms with Gasteiger partial charge in [0.25, 0.3) is 0 Å². The van der Waals surface area contributed by atoms with Gasteiger partial charge in [-0.2, -0.15) is 0 Å². The minimum absolute atomic E-state index is 0.0472. The maximum atomic E-state index is 10.9. The highest BCUT2D eigenvalue weighted by molar-refractivity contribution is 5.89. The summed E-state index contributed by atoms with van der Waals surface area (Å²) >= 11 is 0. The molecule has 1 aliphatic rings. The summed E-state index contributed by atoms with van der Waals surface area (Å²) in [6.07, 6.45) is 0.689. The summed E-state index contributed by atoms with van der Waals surface area (Å²) in [5.41, 5.74) is 0. The molecule has 1 rings (SSSR count). The number of rotatable bonds is 3. The molecule has 3 heteroatoms. The third-order valence-corrected chi connectivity index (χ3v) is 1.90. The maximum Gasteiger partial charge on any atom is 0.309 e. The molecule has 0 amide bonds. The number of hydrogen-bond acceptors (Lipinski definition) is 3. The molecule has 11 heavy (non-hydrogen) atoms. The maximum absolute atomic E-state index is 10.9. The normalized spacial score (nSPS) is 27.8. The second kappa shape index (κ2) is 3.03. The Kier molecular flexibility index (Phi) is 2.27. The quantitative estimate of drug-likeness (QED) is 0.567. The summed E-state index contributed by atoms with van der Waals surface area (Å²) < 4.78 is 4.76. The van der Waals surface area contributed by atoms with Crippen LogP contribution in [0, 0.1) is 11.8 Å². The molecule has 0 aromatic rings. The Hall–Kier alpha value is -0.860. The van der Waals surface area contributed by atoms with Crippen molar-refractivity contribution >= 4 is 11.8 Å². The van der Waals surface area contributed by atoms with Crippen LogP contribution in [0.25, 0.3) is 0 Å². The lowest BCUT2D eigenvalue weighted by Gasteiger charge is -1.97. The van der Waals surface area contributed by atoms with Gasteiger partial charge in [-0.25, -0.2) is 0 Å². The molecule has 2 unspecified atom stereocenters. The Labute approximate surface area is 65.7 Å². The zero-order valence-electron chi connectivity index (χ0n) is 6.79. The number of Topliss-reactive ketones (excluding diaryl/α,β-unsaturated/α-hetero) is 1. The zero-order valence-corrected chi connectivity index (χ0v) is 6.79. The second-order valence-electron chi connectivity index (χ2n) is 2.81. The number of carbonyl (C=O) groups excluding carboxylic acids is 2. The van der Waals surface area contributed by atoms with E-state index in [9.17, 15) is 9.59 Å². The Morgan fingerprint density at radius 1 is 1.45 bits per heavy atom. The Morgan fingerprint density at radius 3 is 2.45 bits per heavy atom. The highest BCUT2D eigenvalue weighted by Crippen LogP contribution is 2.39. The molecule has 0 radical (unpaired) electrons. The number of carbonyl (C=O) groups is 2. The van der Waals surface area contributed by atoms with Crippen LogP contribution in [0.1, 0.15) is 20.3 Å². The lowest BCUT2D eigenvalue weighted by atomic mass is 10.2. The second-order valence-corrected chi connectivity index (χ2v) is 2.81. The summed E-state index contributed by atoms with van der Waals surface area (Å²) in [5, 5.41) is 0. The summed E-state index contributed by atoms with van der Waals surface area (Å²) in [6, 6.07) is 0. The van der Waals surface area contributed by atoms with Gasteiger partial charge in [-0.15, -0.1) is 0 Å². The molecule has 0 saturated heterocycles. The van der Waals surface area contributed by atoms with Crippen LogP contribution in [0.3, 0.4) is 0 Å². The van der Waals surface area contributed by atoms with Crippen molar-refractivity contribution in [2.75, 3.05) is 6.61 Å². The van der Waals surface area contributed by atoms with E-state index >= 15 is 0 Å². The lowest BCUT2D eigenvalue weighted by molar-refractivity contribution is -0.145. The van der Waals surface area contributed by atoms with Gasteiger partial charge in [0, 0.05) is 5.92 Å². The van der Waals surface area contributed by atoms with Crippen molar-refractivity contribution in [3.63, 3.8) is 0 Å². The molecule has 1 aliphatic carbocycles. The van der Waals surface area contributed by atoms with Gasteiger partial charge < -0.3 is 4.74 Å². The predicted molar refractivity (Wildman–Crippen MR) is 38.9 cm³/mol. The largest absolute Gasteiger partial charge is 0.466 e. The number of ketones is 1. The zero-order chi connectivity index (χ0) is 8.43. The third-order valence-electron chi connectivity index (χ3n) is 1.90. The average molecular weight is 156 g/mol. The molecular weight excluding hydrogens is 144 g/mol. The monoisotopic (exact) mass is 156 g/mol.